The topological polar surface area (TPSA) is 108 Å². The van der Waals surface area contributed by atoms with Crippen LogP contribution in [-0.4, -0.2) is 30.6 Å². The van der Waals surface area contributed by atoms with Crippen LogP contribution in [0.1, 0.15) is 10.4 Å². The smallest absolute Gasteiger partial charge is 0.322 e. The second-order valence-electron chi connectivity index (χ2n) is 6.71. The lowest BCUT2D eigenvalue weighted by atomic mass is 10.1. The van der Waals surface area contributed by atoms with E-state index in [1.165, 1.54) is 0 Å². The molecule has 3 N–H and O–H groups in total. The molecule has 8 heteroatoms. The Morgan fingerprint density at radius 1 is 0.967 bits per heavy atom. The van der Waals surface area contributed by atoms with Gasteiger partial charge in [-0.05, 0) is 42.5 Å². The summed E-state index contributed by atoms with van der Waals surface area (Å²) < 4.78 is 1.67. The Balaban J connectivity index is 1.55. The molecule has 0 spiro atoms. The molecule has 0 aliphatic carbocycles. The maximum absolute atomic E-state index is 13.1. The van der Waals surface area contributed by atoms with Crippen molar-refractivity contribution >= 4 is 22.6 Å². The molecule has 0 saturated carbocycles. The third-order valence-corrected chi connectivity index (χ3v) is 4.69. The zero-order valence-corrected chi connectivity index (χ0v) is 15.7. The normalized spacial score (nSPS) is 10.9. The number of carbonyl (C=O) groups is 1. The summed E-state index contributed by atoms with van der Waals surface area (Å²) >= 11 is 0. The minimum atomic E-state index is -0.312. The molecule has 3 aromatic heterocycles. The monoisotopic (exact) mass is 396 g/mol. The molecule has 0 bridgehead atoms. The molecule has 5 aromatic rings. The van der Waals surface area contributed by atoms with E-state index in [0.717, 1.165) is 11.3 Å². The van der Waals surface area contributed by atoms with Crippen molar-refractivity contribution in [3.05, 3.63) is 95.3 Å². The number of benzene rings is 2. The highest BCUT2D eigenvalue weighted by Gasteiger charge is 2.19. The number of pyridine rings is 1. The Morgan fingerprint density at radius 3 is 2.60 bits per heavy atom. The molecule has 8 nitrogen and oxygen atoms in total. The summed E-state index contributed by atoms with van der Waals surface area (Å²) in [6.07, 6.45) is 5.04. The fraction of sp³-hybridized carbons (Fsp3) is 0. The van der Waals surface area contributed by atoms with Crippen LogP contribution >= 0.6 is 0 Å². The molecule has 2 aromatic carbocycles. The van der Waals surface area contributed by atoms with Crippen LogP contribution in [0.15, 0.2) is 84.0 Å². The first-order valence-electron chi connectivity index (χ1n) is 9.26. The molecule has 146 valence electrons. The van der Waals surface area contributed by atoms with Crippen LogP contribution in [0, 0.1) is 0 Å². The summed E-state index contributed by atoms with van der Waals surface area (Å²) in [5.41, 5.74) is 4.07. The molecular weight excluding hydrogens is 380 g/mol. The van der Waals surface area contributed by atoms with E-state index in [4.69, 9.17) is 0 Å². The number of fused-ring (bicyclic) bond motifs is 1. The number of amides is 1. The maximum atomic E-state index is 13.1. The average Bonchev–Trinajstić information content (AvgIpc) is 3.38. The van der Waals surface area contributed by atoms with Crippen LogP contribution in [0.2, 0.25) is 0 Å². The Morgan fingerprint density at radius 2 is 1.80 bits per heavy atom. The van der Waals surface area contributed by atoms with Gasteiger partial charge in [0, 0.05) is 29.8 Å². The number of imidazole rings is 1. The zero-order valence-electron chi connectivity index (χ0n) is 15.7. The van der Waals surface area contributed by atoms with Crippen LogP contribution in [0.4, 0.5) is 5.69 Å². The van der Waals surface area contributed by atoms with Gasteiger partial charge in [-0.15, -0.1) is 0 Å². The van der Waals surface area contributed by atoms with Gasteiger partial charge in [-0.1, -0.05) is 18.2 Å². The zero-order chi connectivity index (χ0) is 20.5. The largest absolute Gasteiger partial charge is 0.323 e. The van der Waals surface area contributed by atoms with Gasteiger partial charge in [-0.2, -0.15) is 5.10 Å². The van der Waals surface area contributed by atoms with Gasteiger partial charge in [0.25, 0.3) is 5.91 Å². The number of hydrogen-bond donors (Lipinski definition) is 3. The molecule has 0 aliphatic rings. The SMILES string of the molecule is O=C(Nc1ccc2[nH]c(=O)[nH]c2c1)c1cn(-c2ccccc2)nc1-c1cccnc1. The number of H-pyrrole nitrogens is 2. The second kappa shape index (κ2) is 7.17. The van der Waals surface area contributed by atoms with E-state index >= 15 is 0 Å². The molecule has 0 saturated heterocycles. The van der Waals surface area contributed by atoms with Gasteiger partial charge >= 0.3 is 5.69 Å². The highest BCUT2D eigenvalue weighted by atomic mass is 16.2. The Labute approximate surface area is 170 Å². The number of rotatable bonds is 4. The van der Waals surface area contributed by atoms with Crippen LogP contribution < -0.4 is 11.0 Å². The maximum Gasteiger partial charge on any atom is 0.323 e. The first kappa shape index (κ1) is 17.6. The summed E-state index contributed by atoms with van der Waals surface area (Å²) in [6.45, 7) is 0. The van der Waals surface area contributed by atoms with Crippen molar-refractivity contribution < 1.29 is 4.79 Å². The van der Waals surface area contributed by atoms with Crippen LogP contribution in [0.3, 0.4) is 0 Å². The van der Waals surface area contributed by atoms with Gasteiger partial charge in [-0.3, -0.25) is 9.78 Å². The van der Waals surface area contributed by atoms with Crippen molar-refractivity contribution in [2.24, 2.45) is 0 Å². The highest BCUT2D eigenvalue weighted by molar-refractivity contribution is 6.08. The highest BCUT2D eigenvalue weighted by Crippen LogP contribution is 2.24. The molecule has 0 fully saturated rings. The number of nitrogens with zero attached hydrogens (tertiary/aromatic N) is 3. The van der Waals surface area contributed by atoms with Gasteiger partial charge in [-0.25, -0.2) is 9.48 Å². The van der Waals surface area contributed by atoms with Crippen molar-refractivity contribution in [2.45, 2.75) is 0 Å². The number of carbonyl (C=O) groups excluding carboxylic acids is 1. The third kappa shape index (κ3) is 3.26. The van der Waals surface area contributed by atoms with Crippen molar-refractivity contribution in [2.75, 3.05) is 5.32 Å². The van der Waals surface area contributed by atoms with E-state index in [1.807, 2.05) is 36.4 Å². The molecule has 0 atom stereocenters. The van der Waals surface area contributed by atoms with Crippen molar-refractivity contribution in [3.8, 4) is 16.9 Å². The quantitative estimate of drug-likeness (QED) is 0.433. The summed E-state index contributed by atoms with van der Waals surface area (Å²) in [7, 11) is 0. The average molecular weight is 396 g/mol. The Kier molecular flexibility index (Phi) is 4.21. The lowest BCUT2D eigenvalue weighted by Crippen LogP contribution is -2.12. The van der Waals surface area contributed by atoms with E-state index in [2.05, 4.69) is 25.4 Å². The van der Waals surface area contributed by atoms with Crippen molar-refractivity contribution in [1.29, 1.82) is 0 Å². The first-order valence-corrected chi connectivity index (χ1v) is 9.26. The summed E-state index contributed by atoms with van der Waals surface area (Å²) in [5.74, 6) is -0.312. The van der Waals surface area contributed by atoms with Gasteiger partial charge < -0.3 is 15.3 Å². The third-order valence-electron chi connectivity index (χ3n) is 4.69. The lowest BCUT2D eigenvalue weighted by molar-refractivity contribution is 0.102. The minimum absolute atomic E-state index is 0.295. The number of para-hydroxylation sites is 1. The van der Waals surface area contributed by atoms with Gasteiger partial charge in [0.05, 0.1) is 22.3 Å². The standard InChI is InChI=1S/C22H16N6O2/c29-21(24-15-8-9-18-19(11-15)26-22(30)25-18)17-13-28(16-6-2-1-3-7-16)27-20(17)14-5-4-10-23-12-14/h1-13H,(H,24,29)(H2,25,26,30). The van der Waals surface area contributed by atoms with E-state index in [-0.39, 0.29) is 11.6 Å². The van der Waals surface area contributed by atoms with E-state index in [1.54, 1.807) is 47.5 Å². The summed E-state index contributed by atoms with van der Waals surface area (Å²) in [5, 5.41) is 7.52. The fourth-order valence-electron chi connectivity index (χ4n) is 3.28. The molecule has 1 amide bonds. The lowest BCUT2D eigenvalue weighted by Gasteiger charge is -2.05. The minimum Gasteiger partial charge on any atom is -0.322 e. The Hall–Kier alpha value is -4.46. The number of anilines is 1. The molecule has 0 aliphatic heterocycles. The number of nitrogens with one attached hydrogen (secondary N) is 3. The predicted octanol–water partition coefficient (Wildman–Crippen LogP) is 3.36. The van der Waals surface area contributed by atoms with Gasteiger partial charge in [0.1, 0.15) is 5.69 Å². The van der Waals surface area contributed by atoms with Crippen molar-refractivity contribution in [3.63, 3.8) is 0 Å². The molecule has 0 unspecified atom stereocenters. The predicted molar refractivity (Wildman–Crippen MR) is 114 cm³/mol. The number of aromatic amines is 2. The molecular formula is C22H16N6O2. The van der Waals surface area contributed by atoms with Crippen molar-refractivity contribution in [1.82, 2.24) is 24.7 Å². The van der Waals surface area contributed by atoms with Crippen LogP contribution in [-0.2, 0) is 0 Å². The van der Waals surface area contributed by atoms with Crippen LogP contribution in [0.5, 0.6) is 0 Å². The molecule has 0 radical (unpaired) electrons. The van der Waals surface area contributed by atoms with Gasteiger partial charge in [0.2, 0.25) is 0 Å². The molecule has 3 heterocycles. The second-order valence-corrected chi connectivity index (χ2v) is 6.71. The molecule has 30 heavy (non-hydrogen) atoms. The fourth-order valence-corrected chi connectivity index (χ4v) is 3.28. The number of aromatic nitrogens is 5. The Bertz CT molecular complexity index is 1400. The first-order chi connectivity index (χ1) is 14.7. The summed E-state index contributed by atoms with van der Waals surface area (Å²) in [4.78, 5) is 34.1. The van der Waals surface area contributed by atoms with Crippen LogP contribution in [0.25, 0.3) is 28.0 Å². The van der Waals surface area contributed by atoms with Gasteiger partial charge in [0.15, 0.2) is 0 Å². The molecule has 5 rings (SSSR count). The van der Waals surface area contributed by atoms with E-state index < -0.39 is 0 Å². The van der Waals surface area contributed by atoms with E-state index in [9.17, 15) is 9.59 Å². The summed E-state index contributed by atoms with van der Waals surface area (Å²) in [6, 6.07) is 18.4. The number of hydrogen-bond acceptors (Lipinski definition) is 4. The van der Waals surface area contributed by atoms with E-state index in [0.29, 0.717) is 28.0 Å².